The van der Waals surface area contributed by atoms with Gasteiger partial charge in [-0.15, -0.1) is 0 Å². The third-order valence-corrected chi connectivity index (χ3v) is 5.48. The molecule has 0 N–H and O–H groups in total. The van der Waals surface area contributed by atoms with Crippen molar-refractivity contribution in [2.24, 2.45) is 0 Å². The number of anilines is 1. The molecule has 0 unspecified atom stereocenters. The Kier molecular flexibility index (Phi) is 4.68. The van der Waals surface area contributed by atoms with Gasteiger partial charge in [-0.05, 0) is 48.2 Å². The zero-order valence-corrected chi connectivity index (χ0v) is 15.5. The van der Waals surface area contributed by atoms with Crippen LogP contribution in [0.2, 0.25) is 0 Å². The van der Waals surface area contributed by atoms with Gasteiger partial charge in [0, 0.05) is 12.2 Å². The molecule has 0 aromatic heterocycles. The van der Waals surface area contributed by atoms with Gasteiger partial charge in [-0.3, -0.25) is 4.79 Å². The van der Waals surface area contributed by atoms with Crippen molar-refractivity contribution < 1.29 is 9.53 Å². The van der Waals surface area contributed by atoms with Gasteiger partial charge in [-0.2, -0.15) is 0 Å². The molecule has 3 heteroatoms. The molecule has 1 atom stereocenters. The molecule has 0 spiro atoms. The smallest absolute Gasteiger partial charge is 0.238 e. The van der Waals surface area contributed by atoms with Crippen molar-refractivity contribution in [1.82, 2.24) is 0 Å². The van der Waals surface area contributed by atoms with E-state index in [0.29, 0.717) is 13.0 Å². The first-order valence-corrected chi connectivity index (χ1v) is 9.28. The van der Waals surface area contributed by atoms with Crippen LogP contribution in [0, 0.1) is 0 Å². The van der Waals surface area contributed by atoms with Gasteiger partial charge in [-0.1, -0.05) is 60.7 Å². The van der Waals surface area contributed by atoms with Crippen molar-refractivity contribution in [3.8, 4) is 5.75 Å². The zero-order valence-electron chi connectivity index (χ0n) is 15.5. The molecular formula is C24H23NO2. The van der Waals surface area contributed by atoms with E-state index in [1.165, 1.54) is 5.56 Å². The van der Waals surface area contributed by atoms with E-state index >= 15 is 0 Å². The first kappa shape index (κ1) is 17.3. The summed E-state index contributed by atoms with van der Waals surface area (Å²) in [5.41, 5.74) is 2.68. The Morgan fingerprint density at radius 1 is 0.889 bits per heavy atom. The van der Waals surface area contributed by atoms with E-state index in [4.69, 9.17) is 4.74 Å². The molecule has 1 aliphatic rings. The van der Waals surface area contributed by atoms with Crippen LogP contribution < -0.4 is 9.64 Å². The molecule has 1 saturated heterocycles. The number of hydrogen-bond acceptors (Lipinski definition) is 2. The van der Waals surface area contributed by atoms with E-state index < -0.39 is 5.41 Å². The summed E-state index contributed by atoms with van der Waals surface area (Å²) in [6.45, 7) is 0.715. The fourth-order valence-electron chi connectivity index (χ4n) is 4.01. The topological polar surface area (TPSA) is 29.5 Å². The molecule has 3 aromatic carbocycles. The third kappa shape index (κ3) is 3.21. The molecule has 136 valence electrons. The Morgan fingerprint density at radius 2 is 1.52 bits per heavy atom. The average Bonchev–Trinajstić information content (AvgIpc) is 3.06. The second kappa shape index (κ2) is 7.28. The van der Waals surface area contributed by atoms with E-state index in [1.807, 2.05) is 65.6 Å². The van der Waals surface area contributed by atoms with E-state index in [2.05, 4.69) is 24.3 Å². The van der Waals surface area contributed by atoms with E-state index in [-0.39, 0.29) is 5.91 Å². The van der Waals surface area contributed by atoms with Crippen molar-refractivity contribution in [1.29, 1.82) is 0 Å². The normalized spacial score (nSPS) is 19.3. The maximum absolute atomic E-state index is 13.7. The maximum Gasteiger partial charge on any atom is 0.238 e. The predicted molar refractivity (Wildman–Crippen MR) is 108 cm³/mol. The molecular weight excluding hydrogens is 334 g/mol. The molecule has 0 bridgehead atoms. The van der Waals surface area contributed by atoms with Crippen LogP contribution in [-0.2, 0) is 16.6 Å². The van der Waals surface area contributed by atoms with Gasteiger partial charge in [0.1, 0.15) is 5.75 Å². The van der Waals surface area contributed by atoms with E-state index in [1.54, 1.807) is 7.11 Å². The molecule has 0 saturated carbocycles. The Hall–Kier alpha value is -3.07. The highest BCUT2D eigenvalue weighted by Crippen LogP contribution is 2.41. The standard InChI is InChI=1S/C24H23NO2/c1-27-22-14-12-21(13-15-22)25-17-16-24(23(25)26,20-10-6-3-7-11-20)18-19-8-4-2-5-9-19/h2-15H,16-18H2,1H3/t24-/m1/s1. The number of carbonyl (C=O) groups is 1. The third-order valence-electron chi connectivity index (χ3n) is 5.48. The average molecular weight is 357 g/mol. The lowest BCUT2D eigenvalue weighted by Gasteiger charge is -2.29. The number of rotatable bonds is 5. The zero-order chi connectivity index (χ0) is 18.7. The molecule has 1 heterocycles. The number of benzene rings is 3. The summed E-state index contributed by atoms with van der Waals surface area (Å²) in [4.78, 5) is 15.6. The number of hydrogen-bond donors (Lipinski definition) is 0. The number of carbonyl (C=O) groups excluding carboxylic acids is 1. The summed E-state index contributed by atoms with van der Waals surface area (Å²) in [6.07, 6.45) is 1.51. The second-order valence-electron chi connectivity index (χ2n) is 7.02. The first-order chi connectivity index (χ1) is 13.2. The monoisotopic (exact) mass is 357 g/mol. The van der Waals surface area contributed by atoms with Gasteiger partial charge < -0.3 is 9.64 Å². The molecule has 3 aromatic rings. The lowest BCUT2D eigenvalue weighted by molar-refractivity contribution is -0.121. The van der Waals surface area contributed by atoms with Gasteiger partial charge in [0.2, 0.25) is 5.91 Å². The molecule has 0 aliphatic carbocycles. The lowest BCUT2D eigenvalue weighted by Crippen LogP contribution is -2.39. The summed E-state index contributed by atoms with van der Waals surface area (Å²) in [7, 11) is 1.65. The lowest BCUT2D eigenvalue weighted by atomic mass is 9.74. The van der Waals surface area contributed by atoms with Crippen LogP contribution in [-0.4, -0.2) is 19.6 Å². The molecule has 4 rings (SSSR count). The second-order valence-corrected chi connectivity index (χ2v) is 7.02. The Labute approximate surface area is 160 Å². The molecule has 1 aliphatic heterocycles. The van der Waals surface area contributed by atoms with Gasteiger partial charge >= 0.3 is 0 Å². The number of amides is 1. The summed E-state index contributed by atoms with van der Waals surface area (Å²) in [5.74, 6) is 0.965. The van der Waals surface area contributed by atoms with Gasteiger partial charge in [0.05, 0.1) is 12.5 Å². The summed E-state index contributed by atoms with van der Waals surface area (Å²) < 4.78 is 5.24. The SMILES string of the molecule is COc1ccc(N2CC[C@@](Cc3ccccc3)(c3ccccc3)C2=O)cc1. The van der Waals surface area contributed by atoms with Crippen molar-refractivity contribution >= 4 is 11.6 Å². The number of nitrogens with zero attached hydrogens (tertiary/aromatic N) is 1. The summed E-state index contributed by atoms with van der Waals surface area (Å²) in [6, 6.07) is 28.2. The van der Waals surface area contributed by atoms with Gasteiger partial charge in [-0.25, -0.2) is 0 Å². The van der Waals surface area contributed by atoms with E-state index in [9.17, 15) is 4.79 Å². The first-order valence-electron chi connectivity index (χ1n) is 9.28. The van der Waals surface area contributed by atoms with Crippen molar-refractivity contribution in [2.45, 2.75) is 18.3 Å². The highest BCUT2D eigenvalue weighted by Gasteiger charge is 2.48. The Balaban J connectivity index is 1.72. The van der Waals surface area contributed by atoms with Crippen LogP contribution >= 0.6 is 0 Å². The van der Waals surface area contributed by atoms with Crippen LogP contribution in [0.15, 0.2) is 84.9 Å². The summed E-state index contributed by atoms with van der Waals surface area (Å²) in [5, 5.41) is 0. The van der Waals surface area contributed by atoms with Crippen LogP contribution in [0.1, 0.15) is 17.5 Å². The van der Waals surface area contributed by atoms with E-state index in [0.717, 1.165) is 23.4 Å². The minimum absolute atomic E-state index is 0.169. The molecule has 0 radical (unpaired) electrons. The van der Waals surface area contributed by atoms with Crippen molar-refractivity contribution in [3.63, 3.8) is 0 Å². The predicted octanol–water partition coefficient (Wildman–Crippen LogP) is 4.61. The Morgan fingerprint density at radius 3 is 2.15 bits per heavy atom. The fraction of sp³-hybridized carbons (Fsp3) is 0.208. The molecule has 1 amide bonds. The van der Waals surface area contributed by atoms with Gasteiger partial charge in [0.15, 0.2) is 0 Å². The maximum atomic E-state index is 13.7. The highest BCUT2D eigenvalue weighted by atomic mass is 16.5. The van der Waals surface area contributed by atoms with Crippen LogP contribution in [0.3, 0.4) is 0 Å². The molecule has 1 fully saturated rings. The minimum Gasteiger partial charge on any atom is -0.497 e. The largest absolute Gasteiger partial charge is 0.497 e. The van der Waals surface area contributed by atoms with Crippen LogP contribution in [0.5, 0.6) is 5.75 Å². The van der Waals surface area contributed by atoms with Crippen molar-refractivity contribution in [3.05, 3.63) is 96.1 Å². The molecule has 3 nitrogen and oxygen atoms in total. The highest BCUT2D eigenvalue weighted by molar-refractivity contribution is 6.03. The molecule has 27 heavy (non-hydrogen) atoms. The quantitative estimate of drug-likeness (QED) is 0.667. The summed E-state index contributed by atoms with van der Waals surface area (Å²) >= 11 is 0. The number of ether oxygens (including phenoxy) is 1. The Bertz CT molecular complexity index is 906. The van der Waals surface area contributed by atoms with Crippen molar-refractivity contribution in [2.75, 3.05) is 18.6 Å². The fourth-order valence-corrected chi connectivity index (χ4v) is 4.01. The number of methoxy groups -OCH3 is 1. The van der Waals surface area contributed by atoms with Crippen LogP contribution in [0.4, 0.5) is 5.69 Å². The minimum atomic E-state index is -0.525. The van der Waals surface area contributed by atoms with Crippen LogP contribution in [0.25, 0.3) is 0 Å². The van der Waals surface area contributed by atoms with Gasteiger partial charge in [0.25, 0.3) is 0 Å².